The summed E-state index contributed by atoms with van der Waals surface area (Å²) in [6.45, 7) is -1.60. The minimum absolute atomic E-state index is 0.0692. The fourth-order valence-electron chi connectivity index (χ4n) is 3.48. The van der Waals surface area contributed by atoms with Crippen LogP contribution in [0.3, 0.4) is 0 Å². The van der Waals surface area contributed by atoms with Gasteiger partial charge < -0.3 is 20.3 Å². The molecule has 12 heteroatoms. The number of benzene rings is 1. The molecule has 1 aliphatic rings. The normalized spacial score (nSPS) is 19.9. The van der Waals surface area contributed by atoms with Gasteiger partial charge in [0.05, 0.1) is 18.7 Å². The van der Waals surface area contributed by atoms with Crippen LogP contribution in [0.4, 0.5) is 27.9 Å². The largest absolute Gasteiger partial charge is 0.494 e. The van der Waals surface area contributed by atoms with E-state index in [0.29, 0.717) is 4.90 Å². The van der Waals surface area contributed by atoms with Crippen LogP contribution in [0.25, 0.3) is 11.0 Å². The van der Waals surface area contributed by atoms with Gasteiger partial charge in [0, 0.05) is 32.3 Å². The molecule has 0 radical (unpaired) electrons. The first kappa shape index (κ1) is 22.1. The van der Waals surface area contributed by atoms with E-state index in [9.17, 15) is 26.7 Å². The minimum Gasteiger partial charge on any atom is -0.494 e. The highest BCUT2D eigenvalue weighted by molar-refractivity contribution is 5.87. The zero-order valence-electron chi connectivity index (χ0n) is 16.4. The predicted molar refractivity (Wildman–Crippen MR) is 99.6 cm³/mol. The number of amides is 1. The summed E-state index contributed by atoms with van der Waals surface area (Å²) in [6, 6.07) is 1.42. The zero-order valence-corrected chi connectivity index (χ0v) is 16.4. The quantitative estimate of drug-likeness (QED) is 0.728. The minimum atomic E-state index is -4.55. The van der Waals surface area contributed by atoms with Gasteiger partial charge in [-0.05, 0) is 6.42 Å². The molecule has 2 atom stereocenters. The summed E-state index contributed by atoms with van der Waals surface area (Å²) in [5, 5.41) is 0. The molecular weight excluding hydrogens is 413 g/mol. The molecule has 0 unspecified atom stereocenters. The first-order chi connectivity index (χ1) is 14.0. The summed E-state index contributed by atoms with van der Waals surface area (Å²) in [5.41, 5.74) is 6.22. The van der Waals surface area contributed by atoms with E-state index >= 15 is 0 Å². The van der Waals surface area contributed by atoms with E-state index in [1.807, 2.05) is 0 Å². The number of nitrogens with two attached hydrogens (primary N) is 1. The number of halogens is 5. The first-order valence-electron chi connectivity index (χ1n) is 9.19. The molecule has 2 N–H and O–H groups in total. The summed E-state index contributed by atoms with van der Waals surface area (Å²) in [4.78, 5) is 19.0. The van der Waals surface area contributed by atoms with Gasteiger partial charge in [0.15, 0.2) is 0 Å². The Kier molecular flexibility index (Phi) is 6.06. The topological polar surface area (TPSA) is 76.6 Å². The number of ether oxygens (including phenoxy) is 1. The van der Waals surface area contributed by atoms with Gasteiger partial charge in [0.2, 0.25) is 11.9 Å². The lowest BCUT2D eigenvalue weighted by molar-refractivity contribution is -0.158. The molecule has 0 bridgehead atoms. The van der Waals surface area contributed by atoms with Crippen LogP contribution in [0.2, 0.25) is 0 Å². The molecule has 3 rings (SSSR count). The Hall–Kier alpha value is -2.63. The van der Waals surface area contributed by atoms with E-state index in [4.69, 9.17) is 10.5 Å². The Morgan fingerprint density at radius 2 is 2.10 bits per heavy atom. The summed E-state index contributed by atoms with van der Waals surface area (Å²) in [6.07, 6.45) is -5.64. The molecule has 2 aromatic rings. The number of hydrogen-bond acceptors (Lipinski definition) is 5. The standard InChI is InChI=1S/C18H22F5N5O2/c1-26(9-18(21,22)23)15(29)8-28-16-13(5-10(19)6-14(16)30-2)25-17(28)27-4-3-11(20)12(24)7-27/h5-6,11-12H,3-4,7-9,24H2,1-2H3/t11-,12-/m1/s1. The maximum atomic E-state index is 13.9. The van der Waals surface area contributed by atoms with Crippen molar-refractivity contribution < 1.29 is 31.5 Å². The summed E-state index contributed by atoms with van der Waals surface area (Å²) in [5.74, 6) is -1.20. The van der Waals surface area contributed by atoms with Gasteiger partial charge in [-0.2, -0.15) is 13.2 Å². The lowest BCUT2D eigenvalue weighted by Crippen LogP contribution is -2.50. The summed E-state index contributed by atoms with van der Waals surface area (Å²) < 4.78 is 72.3. The third-order valence-electron chi connectivity index (χ3n) is 4.96. The molecule has 1 fully saturated rings. The fraction of sp³-hybridized carbons (Fsp3) is 0.556. The SMILES string of the molecule is COc1cc(F)cc2nc(N3CC[C@@H](F)[C@H](N)C3)n(CC(=O)N(C)CC(F)(F)F)c12. The average Bonchev–Trinajstić information content (AvgIpc) is 2.99. The number of alkyl halides is 4. The van der Waals surface area contributed by atoms with E-state index < -0.39 is 43.2 Å². The second-order valence-corrected chi connectivity index (χ2v) is 7.25. The second-order valence-electron chi connectivity index (χ2n) is 7.25. The number of fused-ring (bicyclic) bond motifs is 1. The monoisotopic (exact) mass is 435 g/mol. The van der Waals surface area contributed by atoms with Gasteiger partial charge in [-0.25, -0.2) is 13.8 Å². The number of anilines is 1. The van der Waals surface area contributed by atoms with Crippen molar-refractivity contribution in [3.05, 3.63) is 17.9 Å². The number of hydrogen-bond donors (Lipinski definition) is 1. The number of imidazole rings is 1. The maximum Gasteiger partial charge on any atom is 0.406 e. The molecule has 1 saturated heterocycles. The number of rotatable bonds is 5. The highest BCUT2D eigenvalue weighted by atomic mass is 19.4. The van der Waals surface area contributed by atoms with E-state index in [0.717, 1.165) is 19.2 Å². The van der Waals surface area contributed by atoms with E-state index in [2.05, 4.69) is 4.98 Å². The molecule has 2 heterocycles. The van der Waals surface area contributed by atoms with Crippen molar-refractivity contribution >= 4 is 22.9 Å². The van der Waals surface area contributed by atoms with Gasteiger partial charge >= 0.3 is 6.18 Å². The number of aromatic nitrogens is 2. The molecule has 7 nitrogen and oxygen atoms in total. The Labute approximate surface area is 169 Å². The van der Waals surface area contributed by atoms with Crippen molar-refractivity contribution in [3.8, 4) is 5.75 Å². The third kappa shape index (κ3) is 4.58. The lowest BCUT2D eigenvalue weighted by atomic mass is 10.1. The second kappa shape index (κ2) is 8.25. The van der Waals surface area contributed by atoms with Gasteiger partial charge in [-0.3, -0.25) is 9.36 Å². The fourth-order valence-corrected chi connectivity index (χ4v) is 3.48. The van der Waals surface area contributed by atoms with Gasteiger partial charge in [-0.15, -0.1) is 0 Å². The number of nitrogens with zero attached hydrogens (tertiary/aromatic N) is 4. The van der Waals surface area contributed by atoms with Crippen molar-refractivity contribution in [2.75, 3.05) is 38.7 Å². The number of piperidine rings is 1. The Morgan fingerprint density at radius 3 is 2.70 bits per heavy atom. The molecule has 0 aliphatic carbocycles. The number of carbonyl (C=O) groups is 1. The van der Waals surface area contributed by atoms with Gasteiger partial charge in [-0.1, -0.05) is 0 Å². The number of carbonyl (C=O) groups excluding carboxylic acids is 1. The van der Waals surface area contributed by atoms with Crippen molar-refractivity contribution in [2.24, 2.45) is 5.73 Å². The Morgan fingerprint density at radius 1 is 1.40 bits per heavy atom. The van der Waals surface area contributed by atoms with Crippen LogP contribution in [0.5, 0.6) is 5.75 Å². The number of likely N-dealkylation sites (N-methyl/N-ethyl adjacent to an activating group) is 1. The lowest BCUT2D eigenvalue weighted by Gasteiger charge is -2.34. The van der Waals surface area contributed by atoms with E-state index in [1.165, 1.54) is 11.7 Å². The number of methoxy groups -OCH3 is 1. The van der Waals surface area contributed by atoms with Crippen LogP contribution in [0.15, 0.2) is 12.1 Å². The maximum absolute atomic E-state index is 13.9. The average molecular weight is 435 g/mol. The first-order valence-corrected chi connectivity index (χ1v) is 9.19. The summed E-state index contributed by atoms with van der Waals surface area (Å²) >= 11 is 0. The van der Waals surface area contributed by atoms with Crippen LogP contribution in [-0.2, 0) is 11.3 Å². The van der Waals surface area contributed by atoms with E-state index in [1.54, 1.807) is 4.90 Å². The predicted octanol–water partition coefficient (Wildman–Crippen LogP) is 2.08. The molecule has 1 aromatic heterocycles. The molecule has 0 saturated carbocycles. The van der Waals surface area contributed by atoms with Crippen molar-refractivity contribution in [1.82, 2.24) is 14.5 Å². The molecular formula is C18H22F5N5O2. The van der Waals surface area contributed by atoms with Crippen molar-refractivity contribution in [2.45, 2.75) is 31.4 Å². The van der Waals surface area contributed by atoms with Crippen LogP contribution >= 0.6 is 0 Å². The van der Waals surface area contributed by atoms with Crippen molar-refractivity contribution in [3.63, 3.8) is 0 Å². The Bertz CT molecular complexity index is 932. The highest BCUT2D eigenvalue weighted by Crippen LogP contribution is 2.33. The van der Waals surface area contributed by atoms with Crippen LogP contribution in [-0.4, -0.2) is 72.5 Å². The molecule has 0 spiro atoms. The van der Waals surface area contributed by atoms with Crippen molar-refractivity contribution in [1.29, 1.82) is 0 Å². The zero-order chi connectivity index (χ0) is 22.2. The summed E-state index contributed by atoms with van der Waals surface area (Å²) in [7, 11) is 2.34. The van der Waals surface area contributed by atoms with E-state index in [-0.39, 0.29) is 42.2 Å². The smallest absolute Gasteiger partial charge is 0.406 e. The Balaban J connectivity index is 2.04. The van der Waals surface area contributed by atoms with Crippen LogP contribution in [0.1, 0.15) is 6.42 Å². The molecule has 166 valence electrons. The van der Waals surface area contributed by atoms with Crippen LogP contribution in [0, 0.1) is 5.82 Å². The van der Waals surface area contributed by atoms with Gasteiger partial charge in [0.1, 0.15) is 36.3 Å². The molecule has 1 aromatic carbocycles. The third-order valence-corrected chi connectivity index (χ3v) is 4.96. The van der Waals surface area contributed by atoms with Gasteiger partial charge in [0.25, 0.3) is 0 Å². The molecule has 1 aliphatic heterocycles. The van der Waals surface area contributed by atoms with Crippen LogP contribution < -0.4 is 15.4 Å². The molecule has 1 amide bonds. The highest BCUT2D eigenvalue weighted by Gasteiger charge is 2.33. The molecule has 30 heavy (non-hydrogen) atoms.